The molecule has 182 valence electrons. The standard InChI is InChI=1S/C25H31N3O4S2/c1-17-9-11-27(12-10-17)34(30,31)21-7-5-20(6-8-21)24(29)26-25-28(13-14-32-4)23-19(3)15-18(2)16-22(23)33-25/h5-8,15-17H,9-14H2,1-4H3. The number of amides is 1. The van der Waals surface area contributed by atoms with Crippen molar-refractivity contribution in [2.24, 2.45) is 10.9 Å². The van der Waals surface area contributed by atoms with Crippen molar-refractivity contribution >= 4 is 37.5 Å². The van der Waals surface area contributed by atoms with Crippen molar-refractivity contribution in [1.82, 2.24) is 8.87 Å². The van der Waals surface area contributed by atoms with Crippen molar-refractivity contribution in [1.29, 1.82) is 0 Å². The number of rotatable bonds is 6. The lowest BCUT2D eigenvalue weighted by molar-refractivity contribution is 0.0997. The van der Waals surface area contributed by atoms with Gasteiger partial charge in [0.1, 0.15) is 0 Å². The summed E-state index contributed by atoms with van der Waals surface area (Å²) in [6, 6.07) is 10.3. The number of benzene rings is 2. The maximum absolute atomic E-state index is 13.0. The second kappa shape index (κ2) is 10.1. The predicted molar refractivity (Wildman–Crippen MR) is 135 cm³/mol. The zero-order chi connectivity index (χ0) is 24.5. The second-order valence-electron chi connectivity index (χ2n) is 8.99. The Hall–Kier alpha value is -2.33. The fourth-order valence-electron chi connectivity index (χ4n) is 4.36. The molecule has 2 heterocycles. The van der Waals surface area contributed by atoms with Crippen LogP contribution in [0.3, 0.4) is 0 Å². The van der Waals surface area contributed by atoms with Crippen molar-refractivity contribution in [3.8, 4) is 0 Å². The van der Waals surface area contributed by atoms with Crippen LogP contribution in [0.1, 0.15) is 41.3 Å². The zero-order valence-electron chi connectivity index (χ0n) is 20.1. The van der Waals surface area contributed by atoms with E-state index in [0.717, 1.165) is 34.2 Å². The smallest absolute Gasteiger partial charge is 0.279 e. The van der Waals surface area contributed by atoms with E-state index in [1.165, 1.54) is 27.8 Å². The highest BCUT2D eigenvalue weighted by atomic mass is 32.2. The number of methoxy groups -OCH3 is 1. The number of piperidine rings is 1. The molecule has 9 heteroatoms. The van der Waals surface area contributed by atoms with Gasteiger partial charge >= 0.3 is 0 Å². The minimum absolute atomic E-state index is 0.210. The summed E-state index contributed by atoms with van der Waals surface area (Å²) in [6.45, 7) is 8.40. The average Bonchev–Trinajstić information content (AvgIpc) is 3.14. The fraction of sp³-hybridized carbons (Fsp3) is 0.440. The van der Waals surface area contributed by atoms with Crippen LogP contribution in [0.25, 0.3) is 10.2 Å². The number of thiazole rings is 1. The molecule has 0 saturated carbocycles. The van der Waals surface area contributed by atoms with Gasteiger partial charge in [-0.1, -0.05) is 24.3 Å². The molecule has 1 fully saturated rings. The number of carbonyl (C=O) groups excluding carboxylic acids is 1. The third-order valence-corrected chi connectivity index (χ3v) is 9.25. The summed E-state index contributed by atoms with van der Waals surface area (Å²) < 4.78 is 35.8. The molecular formula is C25H31N3O4S2. The van der Waals surface area contributed by atoms with Crippen LogP contribution in [0.15, 0.2) is 46.3 Å². The molecule has 4 rings (SSSR count). The molecule has 1 saturated heterocycles. The van der Waals surface area contributed by atoms with Crippen LogP contribution in [-0.4, -0.2) is 50.0 Å². The molecule has 1 aliphatic rings. The summed E-state index contributed by atoms with van der Waals surface area (Å²) >= 11 is 1.47. The van der Waals surface area contributed by atoms with E-state index in [1.807, 2.05) is 11.5 Å². The third-order valence-electron chi connectivity index (χ3n) is 6.31. The normalized spacial score (nSPS) is 16.4. The van der Waals surface area contributed by atoms with E-state index in [2.05, 4.69) is 31.0 Å². The van der Waals surface area contributed by atoms with Crippen LogP contribution >= 0.6 is 11.3 Å². The first-order valence-corrected chi connectivity index (χ1v) is 13.7. The third kappa shape index (κ3) is 5.02. The number of sulfonamides is 1. The summed E-state index contributed by atoms with van der Waals surface area (Å²) in [7, 11) is -1.91. The molecule has 0 spiro atoms. The van der Waals surface area contributed by atoms with Gasteiger partial charge in [-0.25, -0.2) is 8.42 Å². The highest BCUT2D eigenvalue weighted by Gasteiger charge is 2.28. The number of fused-ring (bicyclic) bond motifs is 1. The van der Waals surface area contributed by atoms with Gasteiger partial charge in [0.25, 0.3) is 5.91 Å². The van der Waals surface area contributed by atoms with Crippen LogP contribution in [0.2, 0.25) is 0 Å². The molecule has 0 unspecified atom stereocenters. The maximum Gasteiger partial charge on any atom is 0.279 e. The fourth-order valence-corrected chi connectivity index (χ4v) is 7.06. The second-order valence-corrected chi connectivity index (χ2v) is 11.9. The van der Waals surface area contributed by atoms with E-state index in [0.29, 0.717) is 42.5 Å². The molecule has 1 aliphatic heterocycles. The Bertz CT molecular complexity index is 1360. The quantitative estimate of drug-likeness (QED) is 0.509. The molecule has 0 radical (unpaired) electrons. The molecule has 34 heavy (non-hydrogen) atoms. The topological polar surface area (TPSA) is 81.0 Å². The summed E-state index contributed by atoms with van der Waals surface area (Å²) in [5.41, 5.74) is 3.69. The first kappa shape index (κ1) is 24.8. The van der Waals surface area contributed by atoms with Crippen LogP contribution in [0, 0.1) is 19.8 Å². The Morgan fingerprint density at radius 3 is 2.47 bits per heavy atom. The number of carbonyl (C=O) groups is 1. The molecule has 0 aliphatic carbocycles. The largest absolute Gasteiger partial charge is 0.383 e. The number of ether oxygens (including phenoxy) is 1. The van der Waals surface area contributed by atoms with Crippen molar-refractivity contribution in [3.05, 3.63) is 57.9 Å². The minimum atomic E-state index is -3.55. The summed E-state index contributed by atoms with van der Waals surface area (Å²) in [4.78, 5) is 18.2. The van der Waals surface area contributed by atoms with Gasteiger partial charge < -0.3 is 9.30 Å². The summed E-state index contributed by atoms with van der Waals surface area (Å²) in [5, 5.41) is 0. The monoisotopic (exact) mass is 501 g/mol. The van der Waals surface area contributed by atoms with Crippen LogP contribution < -0.4 is 4.80 Å². The molecule has 1 aromatic heterocycles. The van der Waals surface area contributed by atoms with Crippen LogP contribution in [0.5, 0.6) is 0 Å². The number of aromatic nitrogens is 1. The molecule has 7 nitrogen and oxygen atoms in total. The highest BCUT2D eigenvalue weighted by molar-refractivity contribution is 7.89. The Morgan fingerprint density at radius 2 is 1.82 bits per heavy atom. The lowest BCUT2D eigenvalue weighted by Gasteiger charge is -2.29. The van der Waals surface area contributed by atoms with Gasteiger partial charge in [0.15, 0.2) is 4.80 Å². The molecule has 2 aromatic carbocycles. The van der Waals surface area contributed by atoms with Gasteiger partial charge in [-0.2, -0.15) is 9.30 Å². The lowest BCUT2D eigenvalue weighted by atomic mass is 10.0. The first-order chi connectivity index (χ1) is 16.2. The first-order valence-electron chi connectivity index (χ1n) is 11.5. The van der Waals surface area contributed by atoms with Gasteiger partial charge in [-0.05, 0) is 74.1 Å². The van der Waals surface area contributed by atoms with E-state index >= 15 is 0 Å². The van der Waals surface area contributed by atoms with Crippen LogP contribution in [0.4, 0.5) is 0 Å². The van der Waals surface area contributed by atoms with E-state index < -0.39 is 15.9 Å². The lowest BCUT2D eigenvalue weighted by Crippen LogP contribution is -2.37. The molecule has 3 aromatic rings. The van der Waals surface area contributed by atoms with E-state index in [1.54, 1.807) is 19.2 Å². The number of hydrogen-bond donors (Lipinski definition) is 0. The van der Waals surface area contributed by atoms with Crippen molar-refractivity contribution in [2.75, 3.05) is 26.8 Å². The molecule has 0 atom stereocenters. The Labute approximate surface area is 204 Å². The predicted octanol–water partition coefficient (Wildman–Crippen LogP) is 4.13. The molecule has 0 N–H and O–H groups in total. The Kier molecular flexibility index (Phi) is 7.37. The van der Waals surface area contributed by atoms with E-state index in [-0.39, 0.29) is 4.90 Å². The minimum Gasteiger partial charge on any atom is -0.383 e. The van der Waals surface area contributed by atoms with Crippen molar-refractivity contribution in [2.45, 2.75) is 45.1 Å². The number of aryl methyl sites for hydroxylation is 2. The average molecular weight is 502 g/mol. The SMILES string of the molecule is COCCn1c(=NC(=O)c2ccc(S(=O)(=O)N3CCC(C)CC3)cc2)sc2cc(C)cc(C)c21. The maximum atomic E-state index is 13.0. The highest BCUT2D eigenvalue weighted by Crippen LogP contribution is 2.25. The molecular weight excluding hydrogens is 470 g/mol. The molecule has 0 bridgehead atoms. The van der Waals surface area contributed by atoms with Crippen molar-refractivity contribution < 1.29 is 17.9 Å². The number of nitrogens with zero attached hydrogens (tertiary/aromatic N) is 3. The Morgan fingerprint density at radius 1 is 1.15 bits per heavy atom. The van der Waals surface area contributed by atoms with Crippen molar-refractivity contribution in [3.63, 3.8) is 0 Å². The van der Waals surface area contributed by atoms with Gasteiger partial charge in [0.2, 0.25) is 10.0 Å². The number of hydrogen-bond acceptors (Lipinski definition) is 5. The van der Waals surface area contributed by atoms with E-state index in [4.69, 9.17) is 4.74 Å². The summed E-state index contributed by atoms with van der Waals surface area (Å²) in [5.74, 6) is 0.143. The zero-order valence-corrected chi connectivity index (χ0v) is 21.7. The van der Waals surface area contributed by atoms with E-state index in [9.17, 15) is 13.2 Å². The van der Waals surface area contributed by atoms with Gasteiger partial charge in [-0.15, -0.1) is 0 Å². The Balaban J connectivity index is 1.65. The molecule has 1 amide bonds. The van der Waals surface area contributed by atoms with Gasteiger partial charge in [0, 0.05) is 32.3 Å². The summed E-state index contributed by atoms with van der Waals surface area (Å²) in [6.07, 6.45) is 1.73. The van der Waals surface area contributed by atoms with Gasteiger partial charge in [-0.3, -0.25) is 4.79 Å². The van der Waals surface area contributed by atoms with Gasteiger partial charge in [0.05, 0.1) is 21.7 Å². The van der Waals surface area contributed by atoms with Crippen LogP contribution in [-0.2, 0) is 21.3 Å².